The van der Waals surface area contributed by atoms with Gasteiger partial charge in [0.05, 0.1) is 6.42 Å². The molecular weight excluding hydrogens is 256 g/mol. The summed E-state index contributed by atoms with van der Waals surface area (Å²) < 4.78 is 1.91. The number of carbonyl (C=O) groups is 1. The first-order chi connectivity index (χ1) is 9.65. The van der Waals surface area contributed by atoms with Crippen LogP contribution in [-0.4, -0.2) is 32.4 Å². The van der Waals surface area contributed by atoms with E-state index in [1.165, 1.54) is 0 Å². The molecule has 2 N–H and O–H groups in total. The zero-order valence-corrected chi connectivity index (χ0v) is 11.4. The number of benzene rings is 1. The Labute approximate surface area is 117 Å². The summed E-state index contributed by atoms with van der Waals surface area (Å²) in [5.41, 5.74) is 1.96. The molecule has 0 saturated carbocycles. The number of hydrogen-bond donors (Lipinski definition) is 2. The van der Waals surface area contributed by atoms with Gasteiger partial charge >= 0.3 is 5.97 Å². The van der Waals surface area contributed by atoms with E-state index in [-0.39, 0.29) is 6.42 Å². The summed E-state index contributed by atoms with van der Waals surface area (Å²) in [6.07, 6.45) is 2.59. The standard InChI is InChI=1S/C14H18N4O2/c1-18-10-16-17-13(18)6-7-15-9-12-4-2-11(3-5-12)8-14(19)20/h2-5,10,15H,6-9H2,1H3,(H,19,20). The third-order valence-corrected chi connectivity index (χ3v) is 3.04. The normalized spacial score (nSPS) is 10.7. The Hall–Kier alpha value is -2.21. The van der Waals surface area contributed by atoms with Crippen LogP contribution in [0.15, 0.2) is 30.6 Å². The molecule has 0 atom stereocenters. The van der Waals surface area contributed by atoms with Gasteiger partial charge in [-0.3, -0.25) is 4.79 Å². The van der Waals surface area contributed by atoms with Crippen molar-refractivity contribution in [3.05, 3.63) is 47.5 Å². The van der Waals surface area contributed by atoms with Crippen molar-refractivity contribution < 1.29 is 9.90 Å². The van der Waals surface area contributed by atoms with E-state index in [1.807, 2.05) is 35.9 Å². The number of nitrogens with zero attached hydrogens (tertiary/aromatic N) is 3. The molecule has 106 valence electrons. The molecule has 0 aliphatic heterocycles. The van der Waals surface area contributed by atoms with E-state index in [9.17, 15) is 4.79 Å². The summed E-state index contributed by atoms with van der Waals surface area (Å²) in [6.45, 7) is 1.58. The summed E-state index contributed by atoms with van der Waals surface area (Å²) in [5.74, 6) is 0.147. The summed E-state index contributed by atoms with van der Waals surface area (Å²) in [4.78, 5) is 10.6. The maximum absolute atomic E-state index is 10.6. The number of carboxylic acid groups (broad SMARTS) is 1. The molecule has 2 aromatic rings. The molecule has 0 bridgehead atoms. The van der Waals surface area contributed by atoms with Crippen LogP contribution in [0.4, 0.5) is 0 Å². The van der Waals surface area contributed by atoms with Gasteiger partial charge in [0, 0.05) is 26.6 Å². The Morgan fingerprint density at radius 3 is 2.60 bits per heavy atom. The largest absolute Gasteiger partial charge is 0.481 e. The van der Waals surface area contributed by atoms with Crippen molar-refractivity contribution in [2.75, 3.05) is 6.54 Å². The molecule has 0 amide bonds. The number of carboxylic acids is 1. The lowest BCUT2D eigenvalue weighted by atomic mass is 10.1. The molecule has 20 heavy (non-hydrogen) atoms. The molecule has 0 saturated heterocycles. The van der Waals surface area contributed by atoms with Crippen LogP contribution < -0.4 is 5.32 Å². The van der Waals surface area contributed by atoms with E-state index in [0.717, 1.165) is 36.5 Å². The molecule has 6 nitrogen and oxygen atoms in total. The van der Waals surface area contributed by atoms with Gasteiger partial charge in [0.15, 0.2) is 0 Å². The Bertz CT molecular complexity index is 563. The molecule has 0 radical (unpaired) electrons. The second kappa shape index (κ2) is 6.81. The van der Waals surface area contributed by atoms with E-state index in [4.69, 9.17) is 5.11 Å². The lowest BCUT2D eigenvalue weighted by Crippen LogP contribution is -2.18. The van der Waals surface area contributed by atoms with E-state index in [0.29, 0.717) is 0 Å². The minimum absolute atomic E-state index is 0.0693. The topological polar surface area (TPSA) is 80.0 Å². The Kier molecular flexibility index (Phi) is 4.84. The van der Waals surface area contributed by atoms with Crippen molar-refractivity contribution in [2.45, 2.75) is 19.4 Å². The fourth-order valence-electron chi connectivity index (χ4n) is 1.92. The molecule has 1 aromatic carbocycles. The maximum atomic E-state index is 10.6. The average molecular weight is 274 g/mol. The average Bonchev–Trinajstić information content (AvgIpc) is 2.82. The Balaban J connectivity index is 1.74. The van der Waals surface area contributed by atoms with Crippen molar-refractivity contribution in [3.8, 4) is 0 Å². The lowest BCUT2D eigenvalue weighted by molar-refractivity contribution is -0.136. The molecule has 1 heterocycles. The van der Waals surface area contributed by atoms with Crippen LogP contribution >= 0.6 is 0 Å². The van der Waals surface area contributed by atoms with Gasteiger partial charge < -0.3 is 15.0 Å². The lowest BCUT2D eigenvalue weighted by Gasteiger charge is -2.05. The van der Waals surface area contributed by atoms with Crippen molar-refractivity contribution in [2.24, 2.45) is 7.05 Å². The van der Waals surface area contributed by atoms with Gasteiger partial charge in [0.1, 0.15) is 12.2 Å². The second-order valence-corrected chi connectivity index (χ2v) is 4.67. The van der Waals surface area contributed by atoms with E-state index in [1.54, 1.807) is 6.33 Å². The van der Waals surface area contributed by atoms with Gasteiger partial charge in [-0.1, -0.05) is 24.3 Å². The maximum Gasteiger partial charge on any atom is 0.307 e. The number of nitrogens with one attached hydrogen (secondary N) is 1. The number of aryl methyl sites for hydroxylation is 1. The first-order valence-corrected chi connectivity index (χ1v) is 6.48. The van der Waals surface area contributed by atoms with Gasteiger partial charge in [0.25, 0.3) is 0 Å². The highest BCUT2D eigenvalue weighted by atomic mass is 16.4. The zero-order valence-electron chi connectivity index (χ0n) is 11.4. The van der Waals surface area contributed by atoms with Crippen LogP contribution in [0.1, 0.15) is 17.0 Å². The monoisotopic (exact) mass is 274 g/mol. The molecule has 0 spiro atoms. The number of aliphatic carboxylic acids is 1. The van der Waals surface area contributed by atoms with E-state index < -0.39 is 5.97 Å². The first kappa shape index (κ1) is 14.2. The number of aromatic nitrogens is 3. The number of rotatable bonds is 7. The fourth-order valence-corrected chi connectivity index (χ4v) is 1.92. The van der Waals surface area contributed by atoms with Gasteiger partial charge in [0.2, 0.25) is 0 Å². The highest BCUT2D eigenvalue weighted by molar-refractivity contribution is 5.70. The van der Waals surface area contributed by atoms with Crippen molar-refractivity contribution in [1.82, 2.24) is 20.1 Å². The molecule has 0 fully saturated rings. The first-order valence-electron chi connectivity index (χ1n) is 6.48. The third kappa shape index (κ3) is 4.17. The molecular formula is C14H18N4O2. The summed E-state index contributed by atoms with van der Waals surface area (Å²) in [6, 6.07) is 7.61. The predicted octanol–water partition coefficient (Wildman–Crippen LogP) is 0.774. The van der Waals surface area contributed by atoms with Crippen LogP contribution in [0.25, 0.3) is 0 Å². The Morgan fingerprint density at radius 2 is 2.00 bits per heavy atom. The molecule has 0 aliphatic carbocycles. The van der Waals surface area contributed by atoms with E-state index in [2.05, 4.69) is 15.5 Å². The van der Waals surface area contributed by atoms with Crippen molar-refractivity contribution in [1.29, 1.82) is 0 Å². The van der Waals surface area contributed by atoms with Crippen LogP contribution in [-0.2, 0) is 31.2 Å². The van der Waals surface area contributed by atoms with Gasteiger partial charge in [-0.15, -0.1) is 10.2 Å². The molecule has 0 aliphatic rings. The van der Waals surface area contributed by atoms with Gasteiger partial charge in [-0.05, 0) is 11.1 Å². The Morgan fingerprint density at radius 1 is 1.30 bits per heavy atom. The summed E-state index contributed by atoms with van der Waals surface area (Å²) in [5, 5.41) is 19.9. The SMILES string of the molecule is Cn1cnnc1CCNCc1ccc(CC(=O)O)cc1. The highest BCUT2D eigenvalue weighted by Crippen LogP contribution is 2.05. The smallest absolute Gasteiger partial charge is 0.307 e. The fraction of sp³-hybridized carbons (Fsp3) is 0.357. The highest BCUT2D eigenvalue weighted by Gasteiger charge is 2.01. The van der Waals surface area contributed by atoms with Gasteiger partial charge in [-0.2, -0.15) is 0 Å². The molecule has 0 unspecified atom stereocenters. The van der Waals surface area contributed by atoms with Crippen LogP contribution in [0.3, 0.4) is 0 Å². The van der Waals surface area contributed by atoms with Crippen molar-refractivity contribution in [3.63, 3.8) is 0 Å². The van der Waals surface area contributed by atoms with Crippen LogP contribution in [0, 0.1) is 0 Å². The number of hydrogen-bond acceptors (Lipinski definition) is 4. The molecule has 1 aromatic heterocycles. The summed E-state index contributed by atoms with van der Waals surface area (Å²) in [7, 11) is 1.93. The van der Waals surface area contributed by atoms with E-state index >= 15 is 0 Å². The molecule has 6 heteroatoms. The third-order valence-electron chi connectivity index (χ3n) is 3.04. The minimum atomic E-state index is -0.806. The second-order valence-electron chi connectivity index (χ2n) is 4.67. The predicted molar refractivity (Wildman–Crippen MR) is 74.2 cm³/mol. The van der Waals surface area contributed by atoms with Gasteiger partial charge in [-0.25, -0.2) is 0 Å². The van der Waals surface area contributed by atoms with Crippen LogP contribution in [0.2, 0.25) is 0 Å². The minimum Gasteiger partial charge on any atom is -0.481 e. The molecule has 2 rings (SSSR count). The van der Waals surface area contributed by atoms with Crippen LogP contribution in [0.5, 0.6) is 0 Å². The van der Waals surface area contributed by atoms with Crippen molar-refractivity contribution >= 4 is 5.97 Å². The summed E-state index contributed by atoms with van der Waals surface area (Å²) >= 11 is 0. The zero-order chi connectivity index (χ0) is 14.4. The quantitative estimate of drug-likeness (QED) is 0.729.